The SMILES string of the molecule is CN(CCCC(=O)O)C[C@H]1OC(n2cnc3c(NC(=O)CCCCC4SC[C@@H]5NC(=O)N[C@H]45)ncnc32)[C@H](O)[C@@H]1O. The smallest absolute Gasteiger partial charge is 0.315 e. The Kier molecular flexibility index (Phi) is 9.23. The van der Waals surface area contributed by atoms with Crippen LogP contribution in [0.5, 0.6) is 0 Å². The van der Waals surface area contributed by atoms with Crippen LogP contribution in [0.2, 0.25) is 0 Å². The summed E-state index contributed by atoms with van der Waals surface area (Å²) in [5.41, 5.74) is 0.667. The predicted octanol–water partition coefficient (Wildman–Crippen LogP) is -0.0936. The molecule has 3 amide bonds. The minimum absolute atomic E-state index is 0.0441. The van der Waals surface area contributed by atoms with Crippen molar-refractivity contribution in [3.63, 3.8) is 0 Å². The van der Waals surface area contributed by atoms with Gasteiger partial charge < -0.3 is 40.9 Å². The molecule has 2 aromatic heterocycles. The molecule has 0 aromatic carbocycles. The summed E-state index contributed by atoms with van der Waals surface area (Å²) in [6.07, 6.45) is 1.89. The first-order valence-corrected chi connectivity index (χ1v) is 14.8. The molecule has 0 saturated carbocycles. The second-order valence-electron chi connectivity index (χ2n) is 10.8. The Morgan fingerprint density at radius 3 is 2.80 bits per heavy atom. The second kappa shape index (κ2) is 12.9. The van der Waals surface area contributed by atoms with E-state index in [0.29, 0.717) is 48.8 Å². The van der Waals surface area contributed by atoms with Crippen LogP contribution >= 0.6 is 11.8 Å². The van der Waals surface area contributed by atoms with E-state index in [4.69, 9.17) is 9.84 Å². The highest BCUT2D eigenvalue weighted by atomic mass is 32.2. The molecule has 3 aliphatic rings. The molecule has 2 unspecified atom stereocenters. The van der Waals surface area contributed by atoms with Crippen molar-refractivity contribution in [3.8, 4) is 0 Å². The van der Waals surface area contributed by atoms with Gasteiger partial charge in [0.2, 0.25) is 5.91 Å². The molecule has 0 spiro atoms. The fourth-order valence-corrected chi connectivity index (χ4v) is 7.15. The lowest BCUT2D eigenvalue weighted by Crippen LogP contribution is -2.38. The number of hydrogen-bond donors (Lipinski definition) is 6. The molecule has 0 aliphatic carbocycles. The van der Waals surface area contributed by atoms with E-state index in [1.54, 1.807) is 7.05 Å². The van der Waals surface area contributed by atoms with Crippen molar-refractivity contribution >= 4 is 46.7 Å². The summed E-state index contributed by atoms with van der Waals surface area (Å²) in [5.74, 6) is 0.0756. The van der Waals surface area contributed by atoms with Crippen molar-refractivity contribution in [1.82, 2.24) is 35.1 Å². The van der Waals surface area contributed by atoms with Gasteiger partial charge in [-0.25, -0.2) is 19.7 Å². The Balaban J connectivity index is 1.14. The van der Waals surface area contributed by atoms with Gasteiger partial charge in [0.1, 0.15) is 24.6 Å². The number of anilines is 1. The quantitative estimate of drug-likeness (QED) is 0.133. The molecule has 16 heteroatoms. The Morgan fingerprint density at radius 1 is 1.17 bits per heavy atom. The van der Waals surface area contributed by atoms with E-state index in [0.717, 1.165) is 18.6 Å². The van der Waals surface area contributed by atoms with Crippen LogP contribution in [0.1, 0.15) is 44.8 Å². The average molecular weight is 593 g/mol. The van der Waals surface area contributed by atoms with E-state index >= 15 is 0 Å². The number of imidazole rings is 1. The van der Waals surface area contributed by atoms with Crippen molar-refractivity contribution in [2.45, 2.75) is 80.4 Å². The zero-order chi connectivity index (χ0) is 29.1. The number of nitrogens with zero attached hydrogens (tertiary/aromatic N) is 5. The lowest BCUT2D eigenvalue weighted by Gasteiger charge is -2.22. The maximum absolute atomic E-state index is 12.7. The number of aromatic nitrogens is 4. The highest BCUT2D eigenvalue weighted by Gasteiger charge is 2.45. The number of carboxylic acid groups (broad SMARTS) is 1. The summed E-state index contributed by atoms with van der Waals surface area (Å²) in [6, 6.07) is 0.225. The number of likely N-dealkylation sites (N-methyl/N-ethyl adjacent to an activating group) is 1. The molecule has 3 fully saturated rings. The number of amides is 3. The first-order valence-electron chi connectivity index (χ1n) is 13.8. The van der Waals surface area contributed by atoms with Crippen molar-refractivity contribution in [1.29, 1.82) is 0 Å². The maximum atomic E-state index is 12.7. The van der Waals surface area contributed by atoms with Crippen LogP contribution < -0.4 is 16.0 Å². The molecule has 2 aromatic rings. The molecular weight excluding hydrogens is 556 g/mol. The molecule has 6 N–H and O–H groups in total. The third-order valence-corrected chi connectivity index (χ3v) is 9.24. The number of thioether (sulfide) groups is 1. The van der Waals surface area contributed by atoms with Gasteiger partial charge in [-0.2, -0.15) is 11.8 Å². The molecule has 0 radical (unpaired) electrons. The summed E-state index contributed by atoms with van der Waals surface area (Å²) in [7, 11) is 1.79. The van der Waals surface area contributed by atoms with Gasteiger partial charge in [0.05, 0.1) is 18.4 Å². The van der Waals surface area contributed by atoms with Gasteiger partial charge in [0.25, 0.3) is 0 Å². The zero-order valence-electron chi connectivity index (χ0n) is 22.7. The number of rotatable bonds is 13. The van der Waals surface area contributed by atoms with E-state index in [1.165, 1.54) is 17.2 Å². The number of aliphatic carboxylic acids is 1. The number of ether oxygens (including phenoxy) is 1. The molecule has 0 bridgehead atoms. The van der Waals surface area contributed by atoms with Crippen LogP contribution in [0.25, 0.3) is 11.2 Å². The largest absolute Gasteiger partial charge is 0.481 e. The minimum atomic E-state index is -1.25. The summed E-state index contributed by atoms with van der Waals surface area (Å²) < 4.78 is 7.49. The summed E-state index contributed by atoms with van der Waals surface area (Å²) in [5, 5.41) is 39.2. The zero-order valence-corrected chi connectivity index (χ0v) is 23.5. The number of urea groups is 1. The van der Waals surface area contributed by atoms with E-state index in [2.05, 4.69) is 30.9 Å². The Morgan fingerprint density at radius 2 is 2.00 bits per heavy atom. The molecule has 15 nitrogen and oxygen atoms in total. The molecule has 224 valence electrons. The molecule has 5 heterocycles. The van der Waals surface area contributed by atoms with Crippen LogP contribution in [0.3, 0.4) is 0 Å². The summed E-state index contributed by atoms with van der Waals surface area (Å²) >= 11 is 1.85. The van der Waals surface area contributed by atoms with Crippen molar-refractivity contribution in [2.75, 3.05) is 31.2 Å². The molecular formula is C25H36N8O7S. The van der Waals surface area contributed by atoms with Crippen molar-refractivity contribution < 1.29 is 34.4 Å². The summed E-state index contributed by atoms with van der Waals surface area (Å²) in [4.78, 5) is 49.6. The monoisotopic (exact) mass is 592 g/mol. The van der Waals surface area contributed by atoms with E-state index in [-0.39, 0.29) is 36.3 Å². The highest BCUT2D eigenvalue weighted by molar-refractivity contribution is 8.00. The lowest BCUT2D eigenvalue weighted by atomic mass is 10.0. The van der Waals surface area contributed by atoms with Crippen LogP contribution in [0.15, 0.2) is 12.7 Å². The van der Waals surface area contributed by atoms with Crippen molar-refractivity contribution in [3.05, 3.63) is 12.7 Å². The Bertz CT molecular complexity index is 1260. The van der Waals surface area contributed by atoms with Crippen LogP contribution in [0, 0.1) is 0 Å². The first kappa shape index (κ1) is 29.4. The van der Waals surface area contributed by atoms with Crippen molar-refractivity contribution in [2.24, 2.45) is 0 Å². The van der Waals surface area contributed by atoms with E-state index in [1.807, 2.05) is 16.7 Å². The van der Waals surface area contributed by atoms with Gasteiger partial charge in [-0.15, -0.1) is 0 Å². The van der Waals surface area contributed by atoms with Gasteiger partial charge in [-0.05, 0) is 32.9 Å². The standard InChI is InChI=1S/C25H36N8O7S/c1-32(8-4-7-17(35)36)9-14-20(37)21(38)24(40-14)33-12-28-19-22(26-11-27-23(19)33)30-16(34)6-3-2-5-15-18-13(10-41-15)29-25(39)31-18/h11-15,18,20-21,24,37-38H,2-10H2,1H3,(H,35,36)(H2,29,31,39)(H,26,27,30,34)/t13-,14+,15?,18-,20+,21+,24?/m0/s1. The third-order valence-electron chi connectivity index (χ3n) is 7.73. The van der Waals surface area contributed by atoms with E-state index in [9.17, 15) is 24.6 Å². The van der Waals surface area contributed by atoms with Gasteiger partial charge >= 0.3 is 12.0 Å². The molecule has 7 atom stereocenters. The molecule has 3 saturated heterocycles. The second-order valence-corrected chi connectivity index (χ2v) is 12.0. The fourth-order valence-electron chi connectivity index (χ4n) is 5.61. The number of carboxylic acids is 1. The first-order chi connectivity index (χ1) is 19.7. The predicted molar refractivity (Wildman–Crippen MR) is 148 cm³/mol. The number of unbranched alkanes of at least 4 members (excludes halogenated alkanes) is 1. The van der Waals surface area contributed by atoms with E-state index < -0.39 is 30.5 Å². The van der Waals surface area contributed by atoms with Gasteiger partial charge in [-0.3, -0.25) is 14.2 Å². The van der Waals surface area contributed by atoms with Gasteiger partial charge in [0.15, 0.2) is 23.2 Å². The average Bonchev–Trinajstić information content (AvgIpc) is 3.67. The Labute approximate surface area is 240 Å². The molecule has 5 rings (SSSR count). The fraction of sp³-hybridized carbons (Fsp3) is 0.680. The lowest BCUT2D eigenvalue weighted by molar-refractivity contribution is -0.137. The van der Waals surface area contributed by atoms with Gasteiger partial charge in [0, 0.05) is 30.4 Å². The number of aliphatic hydroxyl groups is 2. The molecule has 3 aliphatic heterocycles. The normalized spacial score (nSPS) is 29.1. The number of fused-ring (bicyclic) bond motifs is 2. The highest BCUT2D eigenvalue weighted by Crippen LogP contribution is 2.34. The number of hydrogen-bond acceptors (Lipinski definition) is 11. The third kappa shape index (κ3) is 6.72. The number of aliphatic hydroxyl groups excluding tert-OH is 2. The van der Waals surface area contributed by atoms with Crippen LogP contribution in [-0.2, 0) is 14.3 Å². The summed E-state index contributed by atoms with van der Waals surface area (Å²) in [6.45, 7) is 0.795. The minimum Gasteiger partial charge on any atom is -0.481 e. The van der Waals surface area contributed by atoms with Crippen LogP contribution in [0.4, 0.5) is 10.6 Å². The Hall–Kier alpha value is -3.05. The van der Waals surface area contributed by atoms with Gasteiger partial charge in [-0.1, -0.05) is 6.42 Å². The topological polar surface area (TPSA) is 204 Å². The molecule has 41 heavy (non-hydrogen) atoms. The number of nitrogens with one attached hydrogen (secondary N) is 3. The number of carbonyl (C=O) groups is 3. The van der Waals surface area contributed by atoms with Crippen LogP contribution in [-0.4, -0.2) is 119 Å². The maximum Gasteiger partial charge on any atom is 0.315 e. The number of carbonyl (C=O) groups excluding carboxylic acids is 2.